The smallest absolute Gasteiger partial charge is 0.123 e. The van der Waals surface area contributed by atoms with Crippen molar-refractivity contribution in [3.05, 3.63) is 65.5 Å². The Kier molecular flexibility index (Phi) is 4.90. The van der Waals surface area contributed by atoms with Crippen molar-refractivity contribution in [3.8, 4) is 17.9 Å². The van der Waals surface area contributed by atoms with Gasteiger partial charge in [-0.15, -0.1) is 0 Å². The van der Waals surface area contributed by atoms with E-state index in [1.807, 2.05) is 6.07 Å². The predicted molar refractivity (Wildman–Crippen MR) is 76.0 cm³/mol. The second-order valence-electron chi connectivity index (χ2n) is 4.51. The summed E-state index contributed by atoms with van der Waals surface area (Å²) in [5, 5.41) is 18.1. The minimum Gasteiger partial charge on any atom is -0.494 e. The van der Waals surface area contributed by atoms with Gasteiger partial charge >= 0.3 is 0 Å². The molecular weight excluding hydrogens is 267 g/mol. The van der Waals surface area contributed by atoms with Crippen LogP contribution in [0.25, 0.3) is 0 Å². The first kappa shape index (κ1) is 14.6. The molecule has 0 bridgehead atoms. The molecule has 21 heavy (non-hydrogen) atoms. The molecule has 4 heteroatoms. The molecule has 0 radical (unpaired) electrons. The van der Waals surface area contributed by atoms with E-state index in [-0.39, 0.29) is 11.7 Å². The van der Waals surface area contributed by atoms with Gasteiger partial charge in [-0.1, -0.05) is 12.1 Å². The van der Waals surface area contributed by atoms with Gasteiger partial charge in [0.05, 0.1) is 30.2 Å². The van der Waals surface area contributed by atoms with Crippen LogP contribution >= 0.6 is 0 Å². The van der Waals surface area contributed by atoms with Gasteiger partial charge in [-0.05, 0) is 42.0 Å². The van der Waals surface area contributed by atoms with Crippen molar-refractivity contribution in [1.82, 2.24) is 0 Å². The molecule has 0 spiro atoms. The number of nitriles is 2. The molecule has 1 atom stereocenters. The van der Waals surface area contributed by atoms with Crippen LogP contribution in [0.5, 0.6) is 5.75 Å². The summed E-state index contributed by atoms with van der Waals surface area (Å²) in [6.07, 6.45) is 0.503. The van der Waals surface area contributed by atoms with Crippen LogP contribution in [-0.2, 0) is 0 Å². The van der Waals surface area contributed by atoms with Crippen LogP contribution in [0.1, 0.15) is 23.5 Å². The van der Waals surface area contributed by atoms with Gasteiger partial charge in [-0.2, -0.15) is 10.5 Å². The fraction of sp³-hybridized carbons (Fsp3) is 0.176. The summed E-state index contributed by atoms with van der Waals surface area (Å²) in [6, 6.07) is 17.0. The van der Waals surface area contributed by atoms with Gasteiger partial charge in [0.25, 0.3) is 0 Å². The summed E-state index contributed by atoms with van der Waals surface area (Å²) in [7, 11) is 0. The van der Waals surface area contributed by atoms with E-state index in [4.69, 9.17) is 10.00 Å². The molecule has 0 aliphatic rings. The predicted octanol–water partition coefficient (Wildman–Crippen LogP) is 3.77. The van der Waals surface area contributed by atoms with Crippen LogP contribution in [0.15, 0.2) is 48.5 Å². The van der Waals surface area contributed by atoms with Crippen molar-refractivity contribution in [1.29, 1.82) is 10.5 Å². The lowest BCUT2D eigenvalue weighted by Gasteiger charge is -2.11. The molecule has 2 aromatic carbocycles. The van der Waals surface area contributed by atoms with Crippen molar-refractivity contribution in [2.45, 2.75) is 12.3 Å². The van der Waals surface area contributed by atoms with E-state index in [1.165, 1.54) is 12.1 Å². The first-order chi connectivity index (χ1) is 10.2. The van der Waals surface area contributed by atoms with E-state index in [0.717, 1.165) is 5.56 Å². The zero-order valence-corrected chi connectivity index (χ0v) is 11.3. The Morgan fingerprint density at radius 1 is 1.10 bits per heavy atom. The van der Waals surface area contributed by atoms with E-state index >= 15 is 0 Å². The Balaban J connectivity index is 1.95. The highest BCUT2D eigenvalue weighted by Crippen LogP contribution is 2.21. The summed E-state index contributed by atoms with van der Waals surface area (Å²) in [5.41, 5.74) is 1.34. The molecule has 0 heterocycles. The average molecular weight is 280 g/mol. The fourth-order valence-electron chi connectivity index (χ4n) is 1.96. The molecule has 0 saturated carbocycles. The van der Waals surface area contributed by atoms with Gasteiger partial charge < -0.3 is 4.74 Å². The zero-order valence-electron chi connectivity index (χ0n) is 11.3. The third kappa shape index (κ3) is 4.06. The largest absolute Gasteiger partial charge is 0.494 e. The molecular formula is C17H13FN2O. The van der Waals surface area contributed by atoms with Gasteiger partial charge in [-0.25, -0.2) is 4.39 Å². The highest BCUT2D eigenvalue weighted by molar-refractivity contribution is 5.36. The molecule has 0 aliphatic carbocycles. The van der Waals surface area contributed by atoms with Crippen molar-refractivity contribution in [2.24, 2.45) is 0 Å². The van der Waals surface area contributed by atoms with Gasteiger partial charge in [0.2, 0.25) is 0 Å². The van der Waals surface area contributed by atoms with Crippen molar-refractivity contribution in [3.63, 3.8) is 0 Å². The molecule has 0 amide bonds. The number of benzene rings is 2. The quantitative estimate of drug-likeness (QED) is 0.837. The Morgan fingerprint density at radius 2 is 1.86 bits per heavy atom. The molecule has 0 fully saturated rings. The summed E-state index contributed by atoms with van der Waals surface area (Å²) in [5.74, 6) is -0.0804. The van der Waals surface area contributed by atoms with Crippen LogP contribution in [0.3, 0.4) is 0 Å². The minimum absolute atomic E-state index is 0.314. The summed E-state index contributed by atoms with van der Waals surface area (Å²) in [4.78, 5) is 0. The van der Waals surface area contributed by atoms with Crippen molar-refractivity contribution in [2.75, 3.05) is 6.61 Å². The molecule has 2 aromatic rings. The maximum atomic E-state index is 12.8. The van der Waals surface area contributed by atoms with Gasteiger partial charge in [0, 0.05) is 6.42 Å². The number of nitrogens with zero attached hydrogens (tertiary/aromatic N) is 2. The summed E-state index contributed by atoms with van der Waals surface area (Å²) >= 11 is 0. The highest BCUT2D eigenvalue weighted by Gasteiger charge is 2.11. The summed E-state index contributed by atoms with van der Waals surface area (Å²) < 4.78 is 18.2. The van der Waals surface area contributed by atoms with E-state index in [9.17, 15) is 9.65 Å². The van der Waals surface area contributed by atoms with E-state index < -0.39 is 0 Å². The van der Waals surface area contributed by atoms with Crippen molar-refractivity contribution >= 4 is 0 Å². The fourth-order valence-corrected chi connectivity index (χ4v) is 1.96. The lowest BCUT2D eigenvalue weighted by Crippen LogP contribution is -2.04. The standard InChI is InChI=1S/C17H13FN2O/c18-16-4-6-17(7-5-16)21-9-8-15(12-20)14-3-1-2-13(10-14)11-19/h1-7,10,15H,8-9H2. The highest BCUT2D eigenvalue weighted by atomic mass is 19.1. The van der Waals surface area contributed by atoms with Crippen LogP contribution in [-0.4, -0.2) is 6.61 Å². The second kappa shape index (κ2) is 7.07. The Morgan fingerprint density at radius 3 is 2.52 bits per heavy atom. The molecule has 1 unspecified atom stereocenters. The number of ether oxygens (including phenoxy) is 1. The van der Waals surface area contributed by atoms with Gasteiger partial charge in [0.15, 0.2) is 0 Å². The normalized spacial score (nSPS) is 11.2. The molecule has 0 aromatic heterocycles. The molecule has 3 nitrogen and oxygen atoms in total. The minimum atomic E-state index is -0.334. The second-order valence-corrected chi connectivity index (χ2v) is 4.51. The van der Waals surface area contributed by atoms with Gasteiger partial charge in [-0.3, -0.25) is 0 Å². The Hall–Kier alpha value is -2.85. The molecule has 0 saturated heterocycles. The maximum absolute atomic E-state index is 12.8. The number of rotatable bonds is 5. The first-order valence-corrected chi connectivity index (χ1v) is 6.51. The lowest BCUT2D eigenvalue weighted by atomic mass is 9.96. The monoisotopic (exact) mass is 280 g/mol. The third-order valence-corrected chi connectivity index (χ3v) is 3.06. The Bertz CT molecular complexity index is 683. The van der Waals surface area contributed by atoms with Crippen LogP contribution in [0.4, 0.5) is 4.39 Å². The average Bonchev–Trinajstić information content (AvgIpc) is 2.53. The number of hydrogen-bond acceptors (Lipinski definition) is 3. The number of hydrogen-bond donors (Lipinski definition) is 0. The molecule has 104 valence electrons. The Labute approximate surface area is 122 Å². The first-order valence-electron chi connectivity index (χ1n) is 6.51. The number of halogens is 1. The maximum Gasteiger partial charge on any atom is 0.123 e. The molecule has 2 rings (SSSR count). The molecule has 0 aliphatic heterocycles. The van der Waals surface area contributed by atoms with E-state index in [1.54, 1.807) is 30.3 Å². The third-order valence-electron chi connectivity index (χ3n) is 3.06. The summed E-state index contributed by atoms with van der Waals surface area (Å²) in [6.45, 7) is 0.348. The van der Waals surface area contributed by atoms with E-state index in [0.29, 0.717) is 24.3 Å². The van der Waals surface area contributed by atoms with Crippen LogP contribution in [0, 0.1) is 28.5 Å². The van der Waals surface area contributed by atoms with Crippen LogP contribution < -0.4 is 4.74 Å². The van der Waals surface area contributed by atoms with Gasteiger partial charge in [0.1, 0.15) is 11.6 Å². The zero-order chi connectivity index (χ0) is 15.1. The lowest BCUT2D eigenvalue weighted by molar-refractivity contribution is 0.305. The SMILES string of the molecule is N#Cc1cccc(C(C#N)CCOc2ccc(F)cc2)c1. The van der Waals surface area contributed by atoms with E-state index in [2.05, 4.69) is 12.1 Å². The molecule has 0 N–H and O–H groups in total. The van der Waals surface area contributed by atoms with Crippen molar-refractivity contribution < 1.29 is 9.13 Å². The van der Waals surface area contributed by atoms with Crippen LogP contribution in [0.2, 0.25) is 0 Å². The topological polar surface area (TPSA) is 56.8 Å².